The van der Waals surface area contributed by atoms with E-state index in [0.717, 1.165) is 25.7 Å². The Hall–Kier alpha value is -2.09. The van der Waals surface area contributed by atoms with Crippen LogP contribution in [-0.4, -0.2) is 11.1 Å². The average molecular weight is 332 g/mol. The van der Waals surface area contributed by atoms with E-state index in [0.29, 0.717) is 11.8 Å². The maximum absolute atomic E-state index is 12.0. The smallest absolute Gasteiger partial charge is 0.307 e. The summed E-state index contributed by atoms with van der Waals surface area (Å²) in [5.74, 6) is -0.104. The second-order valence-corrected chi connectivity index (χ2v) is 8.67. The van der Waals surface area contributed by atoms with E-state index in [9.17, 15) is 9.90 Å². The molecule has 4 saturated carbocycles. The van der Waals surface area contributed by atoms with Gasteiger partial charge in [0, 0.05) is 0 Å². The van der Waals surface area contributed by atoms with Crippen LogP contribution in [0.2, 0.25) is 0 Å². The predicted molar refractivity (Wildman–Crippen MR) is 97.4 cm³/mol. The van der Waals surface area contributed by atoms with Gasteiger partial charge < -0.3 is 5.11 Å². The zero-order chi connectivity index (χ0) is 17.1. The minimum atomic E-state index is -0.569. The number of hydrogen-bond acceptors (Lipinski definition) is 1. The standard InChI is InChI=1S/C23H24O2/c24-21(25)20-16-11-22(18-7-3-1-4-8-18)12-17(20)14-23(13-16,15-22)19-9-5-2-6-10-19/h1-10,16-17,20H,11-15H2,(H,24,25). The van der Waals surface area contributed by atoms with Gasteiger partial charge in [0.15, 0.2) is 0 Å². The van der Waals surface area contributed by atoms with Crippen molar-refractivity contribution in [1.82, 2.24) is 0 Å². The van der Waals surface area contributed by atoms with Crippen molar-refractivity contribution >= 4 is 5.97 Å². The van der Waals surface area contributed by atoms with Crippen LogP contribution in [0.1, 0.15) is 43.2 Å². The fraction of sp³-hybridized carbons (Fsp3) is 0.435. The summed E-state index contributed by atoms with van der Waals surface area (Å²) in [5, 5.41) is 9.85. The molecule has 2 aromatic rings. The molecule has 4 aliphatic carbocycles. The molecule has 0 saturated heterocycles. The van der Waals surface area contributed by atoms with Crippen LogP contribution in [0.3, 0.4) is 0 Å². The highest BCUT2D eigenvalue weighted by Gasteiger charge is 2.63. The van der Waals surface area contributed by atoms with Gasteiger partial charge in [-0.15, -0.1) is 0 Å². The maximum Gasteiger partial charge on any atom is 0.307 e. The highest BCUT2D eigenvalue weighted by molar-refractivity contribution is 5.72. The molecule has 128 valence electrons. The molecule has 0 atom stereocenters. The first kappa shape index (κ1) is 15.2. The van der Waals surface area contributed by atoms with E-state index >= 15 is 0 Å². The number of carbonyl (C=O) groups is 1. The minimum absolute atomic E-state index is 0.144. The number of carboxylic acid groups (broad SMARTS) is 1. The molecule has 4 bridgehead atoms. The van der Waals surface area contributed by atoms with Gasteiger partial charge in [0.2, 0.25) is 0 Å². The summed E-state index contributed by atoms with van der Waals surface area (Å²) in [6.45, 7) is 0. The van der Waals surface area contributed by atoms with Crippen LogP contribution in [0, 0.1) is 17.8 Å². The van der Waals surface area contributed by atoms with Crippen LogP contribution in [0.4, 0.5) is 0 Å². The average Bonchev–Trinajstić information content (AvgIpc) is 2.62. The van der Waals surface area contributed by atoms with Crippen molar-refractivity contribution in [1.29, 1.82) is 0 Å². The molecule has 0 heterocycles. The molecule has 4 aliphatic rings. The third-order valence-corrected chi connectivity index (χ3v) is 7.36. The van der Waals surface area contributed by atoms with E-state index in [2.05, 4.69) is 60.7 Å². The molecule has 0 aromatic heterocycles. The predicted octanol–water partition coefficient (Wildman–Crippen LogP) is 4.79. The Morgan fingerprint density at radius 1 is 0.760 bits per heavy atom. The zero-order valence-electron chi connectivity index (χ0n) is 14.4. The summed E-state index contributed by atoms with van der Waals surface area (Å²) in [7, 11) is 0. The van der Waals surface area contributed by atoms with Crippen LogP contribution >= 0.6 is 0 Å². The van der Waals surface area contributed by atoms with Gasteiger partial charge in [-0.3, -0.25) is 4.79 Å². The van der Waals surface area contributed by atoms with E-state index in [4.69, 9.17) is 0 Å². The van der Waals surface area contributed by atoms with E-state index in [1.54, 1.807) is 0 Å². The first-order chi connectivity index (χ1) is 12.1. The molecule has 0 radical (unpaired) electrons. The summed E-state index contributed by atoms with van der Waals surface area (Å²) in [6, 6.07) is 21.8. The molecule has 0 amide bonds. The molecule has 6 rings (SSSR count). The molecule has 1 N–H and O–H groups in total. The second-order valence-electron chi connectivity index (χ2n) is 8.67. The van der Waals surface area contributed by atoms with Gasteiger partial charge in [-0.05, 0) is 65.9 Å². The lowest BCUT2D eigenvalue weighted by molar-refractivity contribution is -0.159. The van der Waals surface area contributed by atoms with E-state index in [-0.39, 0.29) is 16.7 Å². The highest BCUT2D eigenvalue weighted by atomic mass is 16.4. The topological polar surface area (TPSA) is 37.3 Å². The van der Waals surface area contributed by atoms with Gasteiger partial charge in [0.25, 0.3) is 0 Å². The van der Waals surface area contributed by atoms with Crippen molar-refractivity contribution in [3.8, 4) is 0 Å². The van der Waals surface area contributed by atoms with Crippen molar-refractivity contribution in [2.45, 2.75) is 42.9 Å². The number of hydrogen-bond donors (Lipinski definition) is 1. The molecule has 25 heavy (non-hydrogen) atoms. The van der Waals surface area contributed by atoms with Crippen LogP contribution < -0.4 is 0 Å². The van der Waals surface area contributed by atoms with Crippen molar-refractivity contribution < 1.29 is 9.90 Å². The van der Waals surface area contributed by atoms with Crippen LogP contribution in [0.15, 0.2) is 60.7 Å². The Morgan fingerprint density at radius 3 is 1.52 bits per heavy atom. The number of benzene rings is 2. The van der Waals surface area contributed by atoms with Gasteiger partial charge in [-0.1, -0.05) is 60.7 Å². The van der Waals surface area contributed by atoms with E-state index in [1.165, 1.54) is 17.5 Å². The second kappa shape index (κ2) is 5.20. The quantitative estimate of drug-likeness (QED) is 0.877. The third kappa shape index (κ3) is 2.13. The lowest BCUT2D eigenvalue weighted by atomic mass is 9.39. The number of carboxylic acids is 1. The van der Waals surface area contributed by atoms with Gasteiger partial charge in [-0.25, -0.2) is 0 Å². The van der Waals surface area contributed by atoms with Gasteiger partial charge in [-0.2, -0.15) is 0 Å². The maximum atomic E-state index is 12.0. The summed E-state index contributed by atoms with van der Waals surface area (Å²) >= 11 is 0. The fourth-order valence-corrected chi connectivity index (χ4v) is 6.81. The Balaban J connectivity index is 1.64. The third-order valence-electron chi connectivity index (χ3n) is 7.36. The van der Waals surface area contributed by atoms with Crippen LogP contribution in [0.5, 0.6) is 0 Å². The first-order valence-corrected chi connectivity index (χ1v) is 9.46. The Labute approximate surface area is 148 Å². The van der Waals surface area contributed by atoms with Crippen molar-refractivity contribution in [3.05, 3.63) is 71.8 Å². The van der Waals surface area contributed by atoms with E-state index in [1.807, 2.05) is 0 Å². The monoisotopic (exact) mass is 332 g/mol. The highest BCUT2D eigenvalue weighted by Crippen LogP contribution is 2.67. The SMILES string of the molecule is O=C(O)C1C2CC3(c4ccccc4)CC1CC(c1ccccc1)(C2)C3. The van der Waals surface area contributed by atoms with E-state index < -0.39 is 5.97 Å². The Bertz CT molecular complexity index is 722. The van der Waals surface area contributed by atoms with Crippen molar-refractivity contribution in [2.75, 3.05) is 0 Å². The van der Waals surface area contributed by atoms with Gasteiger partial charge in [0.1, 0.15) is 0 Å². The first-order valence-electron chi connectivity index (χ1n) is 9.46. The number of aliphatic carboxylic acids is 1. The zero-order valence-corrected chi connectivity index (χ0v) is 14.4. The molecule has 2 aromatic carbocycles. The summed E-state index contributed by atoms with van der Waals surface area (Å²) in [4.78, 5) is 12.0. The largest absolute Gasteiger partial charge is 0.481 e. The molecule has 4 fully saturated rings. The molecule has 0 spiro atoms. The lowest BCUT2D eigenvalue weighted by Crippen LogP contribution is -2.60. The molecular formula is C23H24O2. The molecule has 2 heteroatoms. The normalized spacial score (nSPS) is 38.6. The summed E-state index contributed by atoms with van der Waals surface area (Å²) in [5.41, 5.74) is 3.17. The van der Waals surface area contributed by atoms with Crippen molar-refractivity contribution in [3.63, 3.8) is 0 Å². The lowest BCUT2D eigenvalue weighted by Gasteiger charge is -2.64. The molecule has 0 unspecified atom stereocenters. The van der Waals surface area contributed by atoms with Crippen LogP contribution in [-0.2, 0) is 15.6 Å². The summed E-state index contributed by atoms with van der Waals surface area (Å²) < 4.78 is 0. The van der Waals surface area contributed by atoms with Gasteiger partial charge in [0.05, 0.1) is 5.92 Å². The van der Waals surface area contributed by atoms with Crippen LogP contribution in [0.25, 0.3) is 0 Å². The Morgan fingerprint density at radius 2 is 1.16 bits per heavy atom. The number of rotatable bonds is 3. The summed E-state index contributed by atoms with van der Waals surface area (Å²) in [6.07, 6.45) is 5.34. The van der Waals surface area contributed by atoms with Gasteiger partial charge >= 0.3 is 5.97 Å². The Kier molecular flexibility index (Phi) is 3.16. The fourth-order valence-electron chi connectivity index (χ4n) is 6.81. The minimum Gasteiger partial charge on any atom is -0.481 e. The molecule has 2 nitrogen and oxygen atoms in total. The molecule has 0 aliphatic heterocycles. The molecular weight excluding hydrogens is 308 g/mol. The van der Waals surface area contributed by atoms with Crippen molar-refractivity contribution in [2.24, 2.45) is 17.8 Å².